The number of nitrogens with one attached hydrogen (secondary N) is 2. The summed E-state index contributed by atoms with van der Waals surface area (Å²) in [6.07, 6.45) is 1.83. The molecule has 1 heterocycles. The maximum Gasteiger partial charge on any atom is 0.325 e. The molecule has 0 fully saturated rings. The summed E-state index contributed by atoms with van der Waals surface area (Å²) in [5.41, 5.74) is 0.368. The number of carboxylic acid groups (broad SMARTS) is 1. The smallest absolute Gasteiger partial charge is 0.325 e. The molecule has 1 aromatic carbocycles. The number of para-hydroxylation sites is 1. The number of phenolic OH excluding ortho intramolecular Hbond substituents is 1. The van der Waals surface area contributed by atoms with E-state index in [2.05, 4.69) is 10.3 Å². The minimum atomic E-state index is -1.01. The van der Waals surface area contributed by atoms with Crippen LogP contribution in [0.5, 0.6) is 5.75 Å². The topological polar surface area (TPSA) is 88.6 Å². The monoisotopic (exact) mass is 289 g/mol. The minimum Gasteiger partial charge on any atom is -0.508 e. The predicted molar refractivity (Wildman–Crippen MR) is 80.5 cm³/mol. The lowest BCUT2D eigenvalue weighted by atomic mass is 10.1. The van der Waals surface area contributed by atoms with Crippen molar-refractivity contribution in [3.8, 4) is 5.75 Å². The van der Waals surface area contributed by atoms with Gasteiger partial charge in [0.25, 0.3) is 0 Å². The summed E-state index contributed by atoms with van der Waals surface area (Å²) >= 11 is 0. The van der Waals surface area contributed by atoms with E-state index in [1.165, 1.54) is 6.07 Å². The molecule has 0 amide bonds. The number of hydrogen-bond donors (Lipinski definition) is 4. The summed E-state index contributed by atoms with van der Waals surface area (Å²) < 4.78 is 0. The van der Waals surface area contributed by atoms with Crippen LogP contribution in [0.1, 0.15) is 11.6 Å². The van der Waals surface area contributed by atoms with Gasteiger partial charge in [0.1, 0.15) is 17.6 Å². The molecule has 0 radical (unpaired) electrons. The van der Waals surface area contributed by atoms with Crippen LogP contribution in [0.25, 0.3) is 0 Å². The van der Waals surface area contributed by atoms with Crippen molar-refractivity contribution in [1.29, 1.82) is 0 Å². The number of carboxylic acids is 1. The Kier molecular flexibility index (Phi) is 4.84. The van der Waals surface area contributed by atoms with Crippen molar-refractivity contribution in [2.75, 3.05) is 25.0 Å². The lowest BCUT2D eigenvalue weighted by molar-refractivity contribution is -0.139. The first-order chi connectivity index (χ1) is 10.1. The summed E-state index contributed by atoms with van der Waals surface area (Å²) in [5, 5.41) is 22.0. The number of aromatic hydroxyl groups is 1. The zero-order valence-electron chi connectivity index (χ0n) is 11.8. The Bertz CT molecular complexity index is 584. The van der Waals surface area contributed by atoms with Crippen LogP contribution in [0.3, 0.4) is 0 Å². The fourth-order valence-corrected chi connectivity index (χ4v) is 2.12. The van der Waals surface area contributed by atoms with Gasteiger partial charge in [-0.25, -0.2) is 0 Å². The van der Waals surface area contributed by atoms with Crippen molar-refractivity contribution >= 4 is 11.8 Å². The molecule has 21 heavy (non-hydrogen) atoms. The molecule has 4 N–H and O–H groups in total. The fraction of sp³-hybridized carbons (Fsp3) is 0.267. The van der Waals surface area contributed by atoms with Crippen molar-refractivity contribution in [2.45, 2.75) is 6.04 Å². The summed E-state index contributed by atoms with van der Waals surface area (Å²) in [5.74, 6) is -0.0691. The maximum absolute atomic E-state index is 11.4. The van der Waals surface area contributed by atoms with E-state index in [0.717, 1.165) is 5.82 Å². The summed E-state index contributed by atoms with van der Waals surface area (Å²) in [4.78, 5) is 16.4. The third-order valence-corrected chi connectivity index (χ3v) is 3.28. The number of aromatic amines is 1. The van der Waals surface area contributed by atoms with Gasteiger partial charge in [-0.1, -0.05) is 18.2 Å². The third-order valence-electron chi connectivity index (χ3n) is 3.28. The number of phenols is 1. The van der Waals surface area contributed by atoms with Gasteiger partial charge in [-0.2, -0.15) is 0 Å². The molecule has 0 aliphatic heterocycles. The standard InChI is InChI=1S/C15H19N3O3/c1-18(13-7-4-8-16-13)10-9-17-14(15(20)21)11-5-2-3-6-12(11)19/h2-8,14,16-17,19H,9-10H2,1H3,(H,20,21). The van der Waals surface area contributed by atoms with Crippen molar-refractivity contribution < 1.29 is 15.0 Å². The van der Waals surface area contributed by atoms with Crippen LogP contribution in [-0.4, -0.2) is 41.3 Å². The molecule has 1 atom stereocenters. The fourth-order valence-electron chi connectivity index (χ4n) is 2.12. The number of aliphatic carboxylic acids is 1. The summed E-state index contributed by atoms with van der Waals surface area (Å²) in [6, 6.07) is 9.38. The molecule has 0 spiro atoms. The molecule has 0 bridgehead atoms. The average Bonchev–Trinajstić information content (AvgIpc) is 2.98. The second-order valence-corrected chi connectivity index (χ2v) is 4.76. The highest BCUT2D eigenvalue weighted by molar-refractivity contribution is 5.76. The van der Waals surface area contributed by atoms with Gasteiger partial charge >= 0.3 is 5.97 Å². The number of hydrogen-bond acceptors (Lipinski definition) is 4. The molecule has 6 heteroatoms. The van der Waals surface area contributed by atoms with E-state index in [1.807, 2.05) is 30.3 Å². The molecule has 0 saturated carbocycles. The van der Waals surface area contributed by atoms with Gasteiger partial charge < -0.3 is 20.1 Å². The van der Waals surface area contributed by atoms with Gasteiger partial charge in [-0.15, -0.1) is 0 Å². The molecular weight excluding hydrogens is 270 g/mol. The lowest BCUT2D eigenvalue weighted by Crippen LogP contribution is -2.35. The van der Waals surface area contributed by atoms with Crippen LogP contribution in [-0.2, 0) is 4.79 Å². The number of aromatic nitrogens is 1. The van der Waals surface area contributed by atoms with Crippen LogP contribution in [0.15, 0.2) is 42.6 Å². The third kappa shape index (κ3) is 3.76. The summed E-state index contributed by atoms with van der Waals surface area (Å²) in [7, 11) is 1.92. The Labute approximate surface area is 123 Å². The zero-order valence-corrected chi connectivity index (χ0v) is 11.8. The Balaban J connectivity index is 1.95. The molecule has 2 aromatic rings. The average molecular weight is 289 g/mol. The van der Waals surface area contributed by atoms with Gasteiger partial charge in [0, 0.05) is 31.9 Å². The van der Waals surface area contributed by atoms with Gasteiger partial charge in [0.05, 0.1) is 0 Å². The highest BCUT2D eigenvalue weighted by Crippen LogP contribution is 2.23. The molecule has 0 saturated heterocycles. The van der Waals surface area contributed by atoms with Crippen LogP contribution < -0.4 is 10.2 Å². The maximum atomic E-state index is 11.4. The highest BCUT2D eigenvalue weighted by Gasteiger charge is 2.21. The SMILES string of the molecule is CN(CCNC(C(=O)O)c1ccccc1O)c1ccc[nH]1. The van der Waals surface area contributed by atoms with Crippen molar-refractivity contribution in [3.63, 3.8) is 0 Å². The van der Waals surface area contributed by atoms with E-state index in [4.69, 9.17) is 0 Å². The summed E-state index contributed by atoms with van der Waals surface area (Å²) in [6.45, 7) is 1.11. The first kappa shape index (κ1) is 14.9. The molecule has 0 aliphatic carbocycles. The van der Waals surface area contributed by atoms with E-state index in [-0.39, 0.29) is 5.75 Å². The first-order valence-electron chi connectivity index (χ1n) is 6.68. The molecule has 1 unspecified atom stereocenters. The normalized spacial score (nSPS) is 12.0. The van der Waals surface area contributed by atoms with E-state index in [0.29, 0.717) is 18.7 Å². The molecule has 112 valence electrons. The first-order valence-corrected chi connectivity index (χ1v) is 6.68. The van der Waals surface area contributed by atoms with E-state index < -0.39 is 12.0 Å². The van der Waals surface area contributed by atoms with Crippen molar-refractivity contribution in [3.05, 3.63) is 48.2 Å². The second kappa shape index (κ2) is 6.81. The number of carbonyl (C=O) groups is 1. The van der Waals surface area contributed by atoms with Gasteiger partial charge in [0.15, 0.2) is 0 Å². The Morgan fingerprint density at radius 3 is 2.71 bits per heavy atom. The Morgan fingerprint density at radius 1 is 1.33 bits per heavy atom. The number of nitrogens with zero attached hydrogens (tertiary/aromatic N) is 1. The number of anilines is 1. The van der Waals surface area contributed by atoms with Crippen LogP contribution in [0, 0.1) is 0 Å². The zero-order chi connectivity index (χ0) is 15.2. The van der Waals surface area contributed by atoms with Gasteiger partial charge in [0.2, 0.25) is 0 Å². The Hall–Kier alpha value is -2.47. The van der Waals surface area contributed by atoms with E-state index in [1.54, 1.807) is 18.2 Å². The van der Waals surface area contributed by atoms with Crippen LogP contribution in [0.4, 0.5) is 5.82 Å². The second-order valence-electron chi connectivity index (χ2n) is 4.76. The van der Waals surface area contributed by atoms with E-state index >= 15 is 0 Å². The van der Waals surface area contributed by atoms with Crippen LogP contribution >= 0.6 is 0 Å². The predicted octanol–water partition coefficient (Wildman–Crippen LogP) is 1.57. The highest BCUT2D eigenvalue weighted by atomic mass is 16.4. The van der Waals surface area contributed by atoms with Crippen molar-refractivity contribution in [2.24, 2.45) is 0 Å². The van der Waals surface area contributed by atoms with Gasteiger partial charge in [-0.3, -0.25) is 10.1 Å². The lowest BCUT2D eigenvalue weighted by Gasteiger charge is -2.20. The van der Waals surface area contributed by atoms with Crippen LogP contribution in [0.2, 0.25) is 0 Å². The number of likely N-dealkylation sites (N-methyl/N-ethyl adjacent to an activating group) is 1. The molecule has 2 rings (SSSR count). The van der Waals surface area contributed by atoms with Crippen molar-refractivity contribution in [1.82, 2.24) is 10.3 Å². The quantitative estimate of drug-likeness (QED) is 0.621. The number of benzene rings is 1. The molecule has 1 aromatic heterocycles. The molecule has 6 nitrogen and oxygen atoms in total. The number of rotatable bonds is 7. The minimum absolute atomic E-state index is 0.0184. The van der Waals surface area contributed by atoms with Gasteiger partial charge in [-0.05, 0) is 18.2 Å². The largest absolute Gasteiger partial charge is 0.508 e. The molecule has 0 aliphatic rings. The molecular formula is C15H19N3O3. The Morgan fingerprint density at radius 2 is 2.10 bits per heavy atom. The number of H-pyrrole nitrogens is 1. The van der Waals surface area contributed by atoms with E-state index in [9.17, 15) is 15.0 Å².